The van der Waals surface area contributed by atoms with Gasteiger partial charge in [0.1, 0.15) is 6.04 Å². The van der Waals surface area contributed by atoms with Crippen molar-refractivity contribution >= 4 is 17.8 Å². The molecule has 0 saturated carbocycles. The Morgan fingerprint density at radius 3 is 2.67 bits per heavy atom. The molecule has 0 heterocycles. The summed E-state index contributed by atoms with van der Waals surface area (Å²) in [6.07, 6.45) is -0.427. The first-order valence-corrected chi connectivity index (χ1v) is 4.22. The molecule has 0 aromatic heterocycles. The lowest BCUT2D eigenvalue weighted by molar-refractivity contribution is -0.144. The molecule has 2 atom stereocenters. The number of hydrogen-bond donors (Lipinski definition) is 3. The fraction of sp³-hybridized carbons (Fsp3) is 0.625. The third-order valence-electron chi connectivity index (χ3n) is 1.64. The number of aliphatic carboxylic acids is 1. The molecule has 0 fully saturated rings. The number of nitrogens with two attached hydrogens (primary N) is 1. The van der Waals surface area contributed by atoms with E-state index in [1.54, 1.807) is 0 Å². The van der Waals surface area contributed by atoms with E-state index in [9.17, 15) is 14.4 Å². The Labute approximate surface area is 88.1 Å². The number of rotatable bonds is 5. The average molecular weight is 219 g/mol. The maximum absolute atomic E-state index is 11.3. The first-order chi connectivity index (χ1) is 7.42. The summed E-state index contributed by atoms with van der Waals surface area (Å²) in [5, 5.41) is 5.86. The van der Waals surface area contributed by atoms with Crippen LogP contribution in [-0.2, 0) is 19.1 Å². The lowest BCUT2D eigenvalue weighted by Gasteiger charge is -2.14. The Balaban J connectivity index is 4.15. The Bertz CT molecular complexity index is 284. The molecule has 0 saturated heterocycles. The van der Waals surface area contributed by atoms with Crippen LogP contribution in [0, 0.1) is 0 Å². The number of carbonyl (C=O) groups excluding carboxylic acids is 2. The zero-order valence-corrected chi connectivity index (χ0v) is 8.48. The van der Waals surface area contributed by atoms with Gasteiger partial charge in [-0.05, 0) is 6.92 Å². The van der Waals surface area contributed by atoms with Crippen LogP contribution < -0.4 is 11.1 Å². The van der Waals surface area contributed by atoms with Crippen molar-refractivity contribution < 1.29 is 24.2 Å². The number of methoxy groups -OCH3 is 1. The predicted octanol–water partition coefficient (Wildman–Crippen LogP) is -1.53. The van der Waals surface area contributed by atoms with Gasteiger partial charge in [0.05, 0.1) is 19.6 Å². The van der Waals surface area contributed by atoms with Gasteiger partial charge in [0.15, 0.2) is 0 Å². The van der Waals surface area contributed by atoms with E-state index in [1.165, 1.54) is 14.0 Å². The molecule has 0 aromatic rings. The largest absolute Gasteiger partial charge is 0.481 e. The van der Waals surface area contributed by atoms with Crippen LogP contribution in [0.3, 0.4) is 0 Å². The van der Waals surface area contributed by atoms with Crippen molar-refractivity contribution in [1.82, 2.24) is 5.32 Å². The molecule has 0 spiro atoms. The zero-order chi connectivity index (χ0) is 12.7. The van der Waals surface area contributed by atoms with Crippen molar-refractivity contribution in [3.8, 4) is 0 Å². The van der Waals surface area contributed by atoms with E-state index in [-0.39, 0.29) is 0 Å². The second-order valence-electron chi connectivity index (χ2n) is 2.94. The fourth-order valence-corrected chi connectivity index (χ4v) is 0.828. The van der Waals surface area contributed by atoms with Crippen molar-refractivity contribution in [3.05, 3.63) is 0 Å². The number of amides is 1. The quantitative estimate of drug-likeness (QED) is 0.482. The summed E-state index contributed by atoms with van der Waals surface area (Å²) in [4.78, 5) is 32.9. The van der Waals surface area contributed by atoms with E-state index in [0.29, 0.717) is 0 Å². The molecule has 0 unspecified atom stereocenters. The topological polar surface area (TPSA) is 119 Å². The van der Waals surface area contributed by atoms with E-state index < -0.39 is 36.4 Å². The third-order valence-corrected chi connectivity index (χ3v) is 1.64. The highest BCUT2D eigenvalue weighted by Crippen LogP contribution is 1.92. The number of carbonyl (C=O) groups is 3. The number of nitrogens with one attached hydrogen (secondary N) is 1. The van der Waals surface area contributed by atoms with Crippen molar-refractivity contribution in [3.63, 3.8) is 0 Å². The molecule has 0 aliphatic heterocycles. The first kappa shape index (κ1) is 11.4. The maximum atomic E-state index is 11.3. The first-order valence-electron chi connectivity index (χ1n) is 4.63. The minimum Gasteiger partial charge on any atom is -0.481 e. The van der Waals surface area contributed by atoms with E-state index in [1.807, 2.05) is 0 Å². The number of esters is 1. The molecule has 86 valence electrons. The smallest absolute Gasteiger partial charge is 0.328 e. The van der Waals surface area contributed by atoms with Crippen LogP contribution in [0.25, 0.3) is 1.43 Å². The SMILES string of the molecule is [2H]OC(=O)C[C@H](N)C(=O)N[C@@H](C)C(=O)OC. The number of carboxylic acids is 1. The number of carboxylic acid groups (broad SMARTS) is 1. The summed E-state index contributed by atoms with van der Waals surface area (Å²) in [5.74, 6) is -2.24. The molecule has 0 bridgehead atoms. The van der Waals surface area contributed by atoms with Crippen LogP contribution in [0.4, 0.5) is 0 Å². The molecule has 0 aliphatic rings. The second-order valence-corrected chi connectivity index (χ2v) is 2.94. The molecule has 0 aliphatic carbocycles. The highest BCUT2D eigenvalue weighted by Gasteiger charge is 2.21. The van der Waals surface area contributed by atoms with Gasteiger partial charge in [0, 0.05) is 0 Å². The van der Waals surface area contributed by atoms with Crippen molar-refractivity contribution in [2.45, 2.75) is 25.4 Å². The molecule has 7 heteroatoms. The molecule has 0 rings (SSSR count). The maximum Gasteiger partial charge on any atom is 0.328 e. The van der Waals surface area contributed by atoms with Gasteiger partial charge < -0.3 is 20.9 Å². The lowest BCUT2D eigenvalue weighted by Crippen LogP contribution is -2.48. The summed E-state index contributed by atoms with van der Waals surface area (Å²) >= 11 is 0. The Hall–Kier alpha value is -1.63. The number of hydrogen-bond acceptors (Lipinski definition) is 6. The van der Waals surface area contributed by atoms with E-state index in [2.05, 4.69) is 15.2 Å². The molecule has 1 amide bonds. The van der Waals surface area contributed by atoms with Crippen molar-refractivity contribution in [2.75, 3.05) is 7.11 Å². The number of ether oxygens (including phenoxy) is 1. The average Bonchev–Trinajstić information content (AvgIpc) is 2.27. The van der Waals surface area contributed by atoms with Crippen LogP contribution in [0.15, 0.2) is 0 Å². The van der Waals surface area contributed by atoms with Gasteiger partial charge in [-0.15, -0.1) is 0 Å². The van der Waals surface area contributed by atoms with Gasteiger partial charge >= 0.3 is 11.9 Å². The van der Waals surface area contributed by atoms with Gasteiger partial charge in [-0.3, -0.25) is 9.59 Å². The van der Waals surface area contributed by atoms with Gasteiger partial charge in [-0.25, -0.2) is 4.79 Å². The second kappa shape index (κ2) is 5.97. The van der Waals surface area contributed by atoms with Crippen LogP contribution in [0.2, 0.25) is 0 Å². The van der Waals surface area contributed by atoms with Crippen LogP contribution in [0.1, 0.15) is 13.3 Å². The molecule has 7 nitrogen and oxygen atoms in total. The monoisotopic (exact) mass is 219 g/mol. The standard InChI is InChI=1S/C8H14N2O5/c1-4(8(14)15-2)10-7(13)5(9)3-6(11)12/h4-5H,3,9H2,1-2H3,(H,10,13)(H,11,12)/t4-,5-/m0/s1/i/hD. The summed E-state index contributed by atoms with van der Waals surface area (Å²) < 4.78 is 10.7. The summed E-state index contributed by atoms with van der Waals surface area (Å²) in [5.41, 5.74) is 5.34. The van der Waals surface area contributed by atoms with Gasteiger partial charge in [0.25, 0.3) is 1.43 Å². The summed E-state index contributed by atoms with van der Waals surface area (Å²) in [6, 6.07) is -2.01. The molecular weight excluding hydrogens is 204 g/mol. The van der Waals surface area contributed by atoms with Crippen molar-refractivity contribution in [1.29, 1.82) is 1.43 Å². The minimum atomic E-state index is -1.16. The predicted molar refractivity (Wildman–Crippen MR) is 49.8 cm³/mol. The third kappa shape index (κ3) is 4.96. The Kier molecular flexibility index (Phi) is 4.55. The van der Waals surface area contributed by atoms with Crippen LogP contribution in [0.5, 0.6) is 0 Å². The Morgan fingerprint density at radius 1 is 1.60 bits per heavy atom. The van der Waals surface area contributed by atoms with E-state index in [4.69, 9.17) is 7.16 Å². The van der Waals surface area contributed by atoms with Crippen LogP contribution >= 0.6 is 0 Å². The lowest BCUT2D eigenvalue weighted by atomic mass is 10.2. The van der Waals surface area contributed by atoms with E-state index in [0.717, 1.165) is 0 Å². The minimum absolute atomic E-state index is 0.427. The molecule has 0 aromatic carbocycles. The zero-order valence-electron chi connectivity index (χ0n) is 9.48. The Morgan fingerprint density at radius 2 is 2.20 bits per heavy atom. The van der Waals surface area contributed by atoms with Crippen LogP contribution in [-0.4, -0.2) is 42.1 Å². The molecule has 4 N–H and O–H groups in total. The van der Waals surface area contributed by atoms with E-state index >= 15 is 0 Å². The van der Waals surface area contributed by atoms with Gasteiger partial charge in [0.2, 0.25) is 5.91 Å². The van der Waals surface area contributed by atoms with Crippen molar-refractivity contribution in [2.24, 2.45) is 5.73 Å². The molecular formula is C8H14N2O5. The summed E-state index contributed by atoms with van der Waals surface area (Å²) in [6.45, 7) is 1.42. The van der Waals surface area contributed by atoms with Gasteiger partial charge in [-0.1, -0.05) is 0 Å². The summed E-state index contributed by atoms with van der Waals surface area (Å²) in [7, 11) is 1.18. The molecule has 0 radical (unpaired) electrons. The van der Waals surface area contributed by atoms with Gasteiger partial charge in [-0.2, -0.15) is 0 Å². The fourth-order valence-electron chi connectivity index (χ4n) is 0.828. The highest BCUT2D eigenvalue weighted by molar-refractivity contribution is 5.89. The highest BCUT2D eigenvalue weighted by atomic mass is 16.5. The normalized spacial score (nSPS) is 14.5. The molecule has 15 heavy (non-hydrogen) atoms.